The van der Waals surface area contributed by atoms with Crippen LogP contribution in [0.5, 0.6) is 0 Å². The molecule has 30 heavy (non-hydrogen) atoms. The van der Waals surface area contributed by atoms with Crippen molar-refractivity contribution < 1.29 is 9.53 Å². The van der Waals surface area contributed by atoms with Crippen LogP contribution in [0.1, 0.15) is 38.2 Å². The van der Waals surface area contributed by atoms with E-state index in [0.29, 0.717) is 17.8 Å². The van der Waals surface area contributed by atoms with E-state index in [2.05, 4.69) is 41.8 Å². The molecule has 1 amide bonds. The van der Waals surface area contributed by atoms with Crippen molar-refractivity contribution >= 4 is 35.8 Å². The molecule has 1 aliphatic carbocycles. The normalized spacial score (nSPS) is 20.1. The van der Waals surface area contributed by atoms with Gasteiger partial charge in [-0.05, 0) is 43.6 Å². The number of guanidine groups is 1. The van der Waals surface area contributed by atoms with Crippen LogP contribution in [0.25, 0.3) is 0 Å². The fraction of sp³-hybridized carbons (Fsp3) is 0.652. The molecule has 0 bridgehead atoms. The summed E-state index contributed by atoms with van der Waals surface area (Å²) in [5, 5.41) is 6.80. The first kappa shape index (κ1) is 24.9. The van der Waals surface area contributed by atoms with Gasteiger partial charge in [-0.1, -0.05) is 30.3 Å². The predicted molar refractivity (Wildman–Crippen MR) is 132 cm³/mol. The van der Waals surface area contributed by atoms with Gasteiger partial charge in [0.15, 0.2) is 5.96 Å². The zero-order valence-corrected chi connectivity index (χ0v) is 20.7. The van der Waals surface area contributed by atoms with Gasteiger partial charge in [0.25, 0.3) is 0 Å². The van der Waals surface area contributed by atoms with Crippen molar-refractivity contribution in [2.24, 2.45) is 16.3 Å². The van der Waals surface area contributed by atoms with Gasteiger partial charge in [-0.25, -0.2) is 0 Å². The molecule has 2 N–H and O–H groups in total. The molecule has 1 saturated heterocycles. The molecular formula is C23H37IN4O2. The number of carbonyl (C=O) groups excluding carboxylic acids is 1. The van der Waals surface area contributed by atoms with Gasteiger partial charge >= 0.3 is 0 Å². The lowest BCUT2D eigenvalue weighted by atomic mass is 10.0. The Hall–Kier alpha value is -1.35. The number of halogens is 1. The Morgan fingerprint density at radius 1 is 1.27 bits per heavy atom. The molecule has 1 aliphatic heterocycles. The number of amides is 1. The number of methoxy groups -OCH3 is 1. The lowest BCUT2D eigenvalue weighted by Gasteiger charge is -2.18. The number of nitrogens with one attached hydrogen (secondary N) is 2. The molecule has 0 spiro atoms. The Morgan fingerprint density at radius 3 is 2.70 bits per heavy atom. The molecule has 2 aliphatic rings. The minimum Gasteiger partial charge on any atom is -0.385 e. The molecule has 1 saturated carbocycles. The predicted octanol–water partition coefficient (Wildman–Crippen LogP) is 3.07. The quantitative estimate of drug-likeness (QED) is 0.263. The number of benzene rings is 1. The van der Waals surface area contributed by atoms with Crippen LogP contribution in [0, 0.1) is 11.3 Å². The monoisotopic (exact) mass is 528 g/mol. The molecule has 1 heterocycles. The Kier molecular flexibility index (Phi) is 10.4. The van der Waals surface area contributed by atoms with Crippen LogP contribution < -0.4 is 10.6 Å². The lowest BCUT2D eigenvalue weighted by molar-refractivity contribution is -0.127. The second-order valence-electron chi connectivity index (χ2n) is 8.46. The van der Waals surface area contributed by atoms with Gasteiger partial charge in [-0.3, -0.25) is 9.79 Å². The first-order chi connectivity index (χ1) is 14.1. The molecule has 1 atom stereocenters. The fourth-order valence-corrected chi connectivity index (χ4v) is 3.93. The van der Waals surface area contributed by atoms with Gasteiger partial charge in [0, 0.05) is 58.8 Å². The van der Waals surface area contributed by atoms with Crippen LogP contribution in [0.15, 0.2) is 35.3 Å². The molecule has 168 valence electrons. The van der Waals surface area contributed by atoms with Crippen LogP contribution in [-0.2, 0) is 16.0 Å². The van der Waals surface area contributed by atoms with Gasteiger partial charge in [0.05, 0.1) is 0 Å². The Balaban J connectivity index is 0.00000320. The highest BCUT2D eigenvalue weighted by Gasteiger charge is 2.41. The Bertz CT molecular complexity index is 679. The summed E-state index contributed by atoms with van der Waals surface area (Å²) in [6.07, 6.45) is 5.11. The molecule has 2 fully saturated rings. The van der Waals surface area contributed by atoms with E-state index in [1.165, 1.54) is 18.4 Å². The maximum atomic E-state index is 12.4. The maximum absolute atomic E-state index is 12.4. The van der Waals surface area contributed by atoms with Crippen molar-refractivity contribution in [3.8, 4) is 0 Å². The highest BCUT2D eigenvalue weighted by molar-refractivity contribution is 14.0. The standard InChI is InChI=1S/C23H36N4O2.HI/c1-3-24-22(26-18-23(10-11-23)12-14-29-2)25-16-20-15-21(28)27(17-20)13-9-19-7-5-4-6-8-19;/h4-8,20H,3,9-18H2,1-2H3,(H2,24,25,26);1H. The highest BCUT2D eigenvalue weighted by atomic mass is 127. The van der Waals surface area contributed by atoms with E-state index in [-0.39, 0.29) is 29.9 Å². The molecule has 3 rings (SSSR count). The Morgan fingerprint density at radius 2 is 2.03 bits per heavy atom. The van der Waals surface area contributed by atoms with Crippen molar-refractivity contribution in [3.63, 3.8) is 0 Å². The summed E-state index contributed by atoms with van der Waals surface area (Å²) in [6.45, 7) is 6.99. The van der Waals surface area contributed by atoms with Gasteiger partial charge in [0.1, 0.15) is 0 Å². The topological polar surface area (TPSA) is 66.0 Å². The molecule has 0 aromatic heterocycles. The van der Waals surface area contributed by atoms with Crippen molar-refractivity contribution in [1.29, 1.82) is 0 Å². The first-order valence-corrected chi connectivity index (χ1v) is 11.0. The summed E-state index contributed by atoms with van der Waals surface area (Å²) in [6, 6.07) is 10.4. The lowest BCUT2D eigenvalue weighted by Crippen LogP contribution is -2.40. The summed E-state index contributed by atoms with van der Waals surface area (Å²) in [7, 11) is 1.76. The molecular weight excluding hydrogens is 491 g/mol. The number of likely N-dealkylation sites (tertiary alicyclic amines) is 1. The fourth-order valence-electron chi connectivity index (χ4n) is 3.93. The van der Waals surface area contributed by atoms with E-state index in [1.807, 2.05) is 11.0 Å². The summed E-state index contributed by atoms with van der Waals surface area (Å²) >= 11 is 0. The zero-order chi connectivity index (χ0) is 20.5. The third-order valence-electron chi connectivity index (χ3n) is 6.08. The second kappa shape index (κ2) is 12.5. The smallest absolute Gasteiger partial charge is 0.223 e. The average Bonchev–Trinajstić information content (AvgIpc) is 3.43. The highest BCUT2D eigenvalue weighted by Crippen LogP contribution is 2.48. The van der Waals surface area contributed by atoms with Crippen molar-refractivity contribution in [1.82, 2.24) is 15.5 Å². The van der Waals surface area contributed by atoms with Crippen LogP contribution in [0.3, 0.4) is 0 Å². The number of nitrogens with zero attached hydrogens (tertiary/aromatic N) is 2. The molecule has 6 nitrogen and oxygen atoms in total. The average molecular weight is 528 g/mol. The Labute approximate surface area is 198 Å². The van der Waals surface area contributed by atoms with Crippen molar-refractivity contribution in [3.05, 3.63) is 35.9 Å². The molecule has 1 aromatic carbocycles. The summed E-state index contributed by atoms with van der Waals surface area (Å²) in [5.74, 6) is 1.48. The molecule has 7 heteroatoms. The van der Waals surface area contributed by atoms with Crippen LogP contribution in [0.4, 0.5) is 0 Å². The van der Waals surface area contributed by atoms with Crippen molar-refractivity contribution in [2.45, 2.75) is 39.0 Å². The van der Waals surface area contributed by atoms with E-state index in [9.17, 15) is 4.79 Å². The summed E-state index contributed by atoms with van der Waals surface area (Å²) < 4.78 is 5.24. The number of carbonyl (C=O) groups is 1. The van der Waals surface area contributed by atoms with Gasteiger partial charge in [-0.15, -0.1) is 24.0 Å². The number of rotatable bonds is 11. The van der Waals surface area contributed by atoms with Gasteiger partial charge in [-0.2, -0.15) is 0 Å². The molecule has 0 radical (unpaired) electrons. The minimum absolute atomic E-state index is 0. The summed E-state index contributed by atoms with van der Waals surface area (Å²) in [4.78, 5) is 19.2. The SMILES string of the molecule is CCNC(=NCC1(CCOC)CC1)NCC1CC(=O)N(CCc2ccccc2)C1.I. The van der Waals surface area contributed by atoms with Gasteiger partial charge in [0.2, 0.25) is 5.91 Å². The van der Waals surface area contributed by atoms with Crippen LogP contribution >= 0.6 is 24.0 Å². The largest absolute Gasteiger partial charge is 0.385 e. The molecule has 1 aromatic rings. The van der Waals surface area contributed by atoms with Crippen molar-refractivity contribution in [2.75, 3.05) is 46.4 Å². The third kappa shape index (κ3) is 7.72. The van der Waals surface area contributed by atoms with Crippen LogP contribution in [0.2, 0.25) is 0 Å². The zero-order valence-electron chi connectivity index (χ0n) is 18.4. The number of ether oxygens (including phenoxy) is 1. The number of hydrogen-bond donors (Lipinski definition) is 2. The van der Waals surface area contributed by atoms with E-state index >= 15 is 0 Å². The second-order valence-corrected chi connectivity index (χ2v) is 8.46. The van der Waals surface area contributed by atoms with E-state index in [0.717, 1.165) is 58.1 Å². The maximum Gasteiger partial charge on any atom is 0.223 e. The number of aliphatic imine (C=N–C) groups is 1. The third-order valence-corrected chi connectivity index (χ3v) is 6.08. The van der Waals surface area contributed by atoms with E-state index in [4.69, 9.17) is 9.73 Å². The van der Waals surface area contributed by atoms with E-state index in [1.54, 1.807) is 7.11 Å². The minimum atomic E-state index is 0. The molecule has 1 unspecified atom stereocenters. The van der Waals surface area contributed by atoms with Crippen LogP contribution in [-0.4, -0.2) is 63.2 Å². The van der Waals surface area contributed by atoms with Gasteiger partial charge < -0.3 is 20.3 Å². The number of hydrogen-bond acceptors (Lipinski definition) is 3. The van der Waals surface area contributed by atoms with E-state index < -0.39 is 0 Å². The first-order valence-electron chi connectivity index (χ1n) is 11.0. The summed E-state index contributed by atoms with van der Waals surface area (Å²) in [5.41, 5.74) is 1.63.